The van der Waals surface area contributed by atoms with Crippen molar-refractivity contribution in [2.24, 2.45) is 0 Å². The summed E-state index contributed by atoms with van der Waals surface area (Å²) in [5.74, 6) is -2.90. The van der Waals surface area contributed by atoms with Crippen LogP contribution < -0.4 is 10.6 Å². The van der Waals surface area contributed by atoms with Gasteiger partial charge in [-0.25, -0.2) is 18.4 Å². The van der Waals surface area contributed by atoms with E-state index in [1.165, 1.54) is 7.11 Å². The summed E-state index contributed by atoms with van der Waals surface area (Å²) in [6, 6.07) is 0.531. The van der Waals surface area contributed by atoms with Gasteiger partial charge in [0, 0.05) is 25.5 Å². The number of urea groups is 1. The molecule has 0 fully saturated rings. The number of ether oxygens (including phenoxy) is 1. The largest absolute Gasteiger partial charge is 0.480 e. The molecule has 0 radical (unpaired) electrons. The van der Waals surface area contributed by atoms with Gasteiger partial charge in [-0.3, -0.25) is 0 Å². The van der Waals surface area contributed by atoms with Gasteiger partial charge < -0.3 is 20.5 Å². The van der Waals surface area contributed by atoms with Crippen molar-refractivity contribution in [1.29, 1.82) is 0 Å². The average Bonchev–Trinajstić information content (AvgIpc) is 2.36. The number of hydrogen-bond donors (Lipinski definition) is 3. The minimum atomic E-state index is -1.20. The highest BCUT2D eigenvalue weighted by Gasteiger charge is 2.19. The lowest BCUT2D eigenvalue weighted by Gasteiger charge is -2.15. The average molecular weight is 302 g/mol. The molecule has 1 rings (SSSR count). The van der Waals surface area contributed by atoms with Crippen LogP contribution in [0.2, 0.25) is 0 Å². The summed E-state index contributed by atoms with van der Waals surface area (Å²) in [5.41, 5.74) is -0.106. The van der Waals surface area contributed by atoms with E-state index < -0.39 is 29.7 Å². The third kappa shape index (κ3) is 6.17. The Hall–Kier alpha value is -2.22. The van der Waals surface area contributed by atoms with Gasteiger partial charge in [0.2, 0.25) is 0 Å². The normalized spacial score (nSPS) is 11.8. The molecule has 1 unspecified atom stereocenters. The second-order valence-corrected chi connectivity index (χ2v) is 4.28. The predicted octanol–water partition coefficient (Wildman–Crippen LogP) is 1.97. The monoisotopic (exact) mass is 302 g/mol. The third-order valence-electron chi connectivity index (χ3n) is 2.57. The molecular weight excluding hydrogens is 286 g/mol. The number of methoxy groups -OCH3 is 1. The van der Waals surface area contributed by atoms with Gasteiger partial charge in [0.15, 0.2) is 0 Å². The Kier molecular flexibility index (Phi) is 6.54. The number of carbonyl (C=O) groups is 2. The highest BCUT2D eigenvalue weighted by Crippen LogP contribution is 2.12. The van der Waals surface area contributed by atoms with Gasteiger partial charge in [-0.2, -0.15) is 0 Å². The van der Waals surface area contributed by atoms with E-state index in [4.69, 9.17) is 9.84 Å². The van der Waals surface area contributed by atoms with Gasteiger partial charge in [0.05, 0.1) is 0 Å². The van der Waals surface area contributed by atoms with E-state index in [2.05, 4.69) is 10.6 Å². The summed E-state index contributed by atoms with van der Waals surface area (Å²) in [6.45, 7) is 0.363. The molecule has 0 spiro atoms. The Bertz CT molecular complexity index is 491. The smallest absolute Gasteiger partial charge is 0.326 e. The zero-order chi connectivity index (χ0) is 15.8. The van der Waals surface area contributed by atoms with Crippen LogP contribution in [0.15, 0.2) is 18.2 Å². The molecule has 0 saturated heterocycles. The first-order valence-corrected chi connectivity index (χ1v) is 6.17. The van der Waals surface area contributed by atoms with Crippen LogP contribution in [0.4, 0.5) is 19.3 Å². The highest BCUT2D eigenvalue weighted by atomic mass is 19.1. The summed E-state index contributed by atoms with van der Waals surface area (Å²) in [4.78, 5) is 22.6. The number of aliphatic carboxylic acids is 1. The maximum absolute atomic E-state index is 13.0. The lowest BCUT2D eigenvalue weighted by Crippen LogP contribution is -2.43. The zero-order valence-electron chi connectivity index (χ0n) is 11.4. The highest BCUT2D eigenvalue weighted by molar-refractivity contribution is 5.92. The van der Waals surface area contributed by atoms with Crippen molar-refractivity contribution in [2.75, 3.05) is 19.0 Å². The number of anilines is 1. The molecule has 0 aliphatic rings. The topological polar surface area (TPSA) is 87.7 Å². The molecule has 0 aromatic heterocycles. The van der Waals surface area contributed by atoms with Gasteiger partial charge in [0.1, 0.15) is 17.7 Å². The molecule has 0 heterocycles. The molecule has 2 amide bonds. The first-order chi connectivity index (χ1) is 9.92. The number of nitrogens with one attached hydrogen (secondary N) is 2. The Morgan fingerprint density at radius 3 is 2.43 bits per heavy atom. The molecule has 1 aromatic carbocycles. The zero-order valence-corrected chi connectivity index (χ0v) is 11.4. The van der Waals surface area contributed by atoms with E-state index in [0.29, 0.717) is 19.1 Å². The second kappa shape index (κ2) is 8.15. The molecular formula is C13H16F2N2O4. The second-order valence-electron chi connectivity index (χ2n) is 4.28. The SMILES string of the molecule is COCCCC(NC(=O)Nc1cc(F)cc(F)c1)C(=O)O. The number of benzene rings is 1. The molecule has 0 bridgehead atoms. The van der Waals surface area contributed by atoms with Gasteiger partial charge in [-0.15, -0.1) is 0 Å². The first-order valence-electron chi connectivity index (χ1n) is 6.17. The van der Waals surface area contributed by atoms with Crippen molar-refractivity contribution in [1.82, 2.24) is 5.32 Å². The molecule has 0 saturated carbocycles. The standard InChI is InChI=1S/C13H16F2N2O4/c1-21-4-2-3-11(12(18)19)17-13(20)16-10-6-8(14)5-9(15)7-10/h5-7,11H,2-4H2,1H3,(H,18,19)(H2,16,17,20). The third-order valence-corrected chi connectivity index (χ3v) is 2.57. The van der Waals surface area contributed by atoms with Crippen LogP contribution in [0.5, 0.6) is 0 Å². The van der Waals surface area contributed by atoms with E-state index in [1.807, 2.05) is 0 Å². The van der Waals surface area contributed by atoms with Crippen molar-refractivity contribution in [3.8, 4) is 0 Å². The van der Waals surface area contributed by atoms with E-state index in [-0.39, 0.29) is 12.1 Å². The molecule has 1 atom stereocenters. The maximum atomic E-state index is 13.0. The lowest BCUT2D eigenvalue weighted by molar-refractivity contribution is -0.139. The summed E-state index contributed by atoms with van der Waals surface area (Å²) < 4.78 is 30.7. The Balaban J connectivity index is 2.58. The number of carbonyl (C=O) groups excluding carboxylic acids is 1. The number of halogens is 2. The predicted molar refractivity (Wildman–Crippen MR) is 71.0 cm³/mol. The van der Waals surface area contributed by atoms with E-state index >= 15 is 0 Å². The molecule has 3 N–H and O–H groups in total. The van der Waals surface area contributed by atoms with E-state index in [0.717, 1.165) is 12.1 Å². The number of carboxylic acids is 1. The molecule has 0 aliphatic heterocycles. The number of amides is 2. The summed E-state index contributed by atoms with van der Waals surface area (Å²) in [7, 11) is 1.48. The Morgan fingerprint density at radius 2 is 1.90 bits per heavy atom. The molecule has 116 valence electrons. The molecule has 0 aliphatic carbocycles. The summed E-state index contributed by atoms with van der Waals surface area (Å²) >= 11 is 0. The van der Waals surface area contributed by atoms with Crippen LogP contribution in [-0.4, -0.2) is 36.9 Å². The Morgan fingerprint density at radius 1 is 1.29 bits per heavy atom. The fraction of sp³-hybridized carbons (Fsp3) is 0.385. The minimum Gasteiger partial charge on any atom is -0.480 e. The first kappa shape index (κ1) is 16.8. The van der Waals surface area contributed by atoms with E-state index in [1.54, 1.807) is 0 Å². The van der Waals surface area contributed by atoms with Crippen molar-refractivity contribution in [3.05, 3.63) is 29.8 Å². The van der Waals surface area contributed by atoms with Crippen molar-refractivity contribution < 1.29 is 28.2 Å². The minimum absolute atomic E-state index is 0.106. The van der Waals surface area contributed by atoms with Crippen LogP contribution in [0, 0.1) is 11.6 Å². The summed E-state index contributed by atoms with van der Waals surface area (Å²) in [6.07, 6.45) is 0.621. The van der Waals surface area contributed by atoms with Crippen LogP contribution in [0.3, 0.4) is 0 Å². The fourth-order valence-electron chi connectivity index (χ4n) is 1.64. The van der Waals surface area contributed by atoms with Gasteiger partial charge in [0.25, 0.3) is 0 Å². The molecule has 6 nitrogen and oxygen atoms in total. The number of rotatable bonds is 7. The van der Waals surface area contributed by atoms with Gasteiger partial charge in [-0.1, -0.05) is 0 Å². The number of hydrogen-bond acceptors (Lipinski definition) is 3. The fourth-order valence-corrected chi connectivity index (χ4v) is 1.64. The van der Waals surface area contributed by atoms with Gasteiger partial charge >= 0.3 is 12.0 Å². The van der Waals surface area contributed by atoms with Crippen LogP contribution in [-0.2, 0) is 9.53 Å². The molecule has 1 aromatic rings. The Labute approximate surface area is 120 Å². The van der Waals surface area contributed by atoms with Crippen LogP contribution >= 0.6 is 0 Å². The van der Waals surface area contributed by atoms with Crippen molar-refractivity contribution in [3.63, 3.8) is 0 Å². The molecule has 8 heteroatoms. The summed E-state index contributed by atoms with van der Waals surface area (Å²) in [5, 5.41) is 13.4. The maximum Gasteiger partial charge on any atom is 0.326 e. The van der Waals surface area contributed by atoms with Crippen LogP contribution in [0.25, 0.3) is 0 Å². The van der Waals surface area contributed by atoms with E-state index in [9.17, 15) is 18.4 Å². The van der Waals surface area contributed by atoms with Crippen molar-refractivity contribution in [2.45, 2.75) is 18.9 Å². The quantitative estimate of drug-likeness (QED) is 0.672. The van der Waals surface area contributed by atoms with Crippen LogP contribution in [0.1, 0.15) is 12.8 Å². The lowest BCUT2D eigenvalue weighted by atomic mass is 10.1. The number of carboxylic acid groups (broad SMARTS) is 1. The van der Waals surface area contributed by atoms with Gasteiger partial charge in [-0.05, 0) is 25.0 Å². The van der Waals surface area contributed by atoms with Crippen molar-refractivity contribution >= 4 is 17.7 Å². The molecule has 21 heavy (non-hydrogen) atoms.